The van der Waals surface area contributed by atoms with Gasteiger partial charge in [0.25, 0.3) is 0 Å². The molecule has 1 aliphatic rings. The minimum Gasteiger partial charge on any atom is -0.371 e. The van der Waals surface area contributed by atoms with E-state index in [1.165, 1.54) is 51.4 Å². The van der Waals surface area contributed by atoms with Crippen LogP contribution in [0.5, 0.6) is 0 Å². The fourth-order valence-corrected chi connectivity index (χ4v) is 3.34. The summed E-state index contributed by atoms with van der Waals surface area (Å²) in [4.78, 5) is 0. The molecule has 0 amide bonds. The van der Waals surface area contributed by atoms with Crippen molar-refractivity contribution in [2.75, 3.05) is 13.1 Å². The predicted octanol–water partition coefficient (Wildman–Crippen LogP) is 4.53. The molecule has 2 nitrogen and oxygen atoms in total. The second-order valence-corrected chi connectivity index (χ2v) is 6.83. The Morgan fingerprint density at radius 2 is 1.68 bits per heavy atom. The van der Waals surface area contributed by atoms with E-state index in [0.29, 0.717) is 6.10 Å². The molecule has 1 saturated carbocycles. The second kappa shape index (κ2) is 8.97. The van der Waals surface area contributed by atoms with Gasteiger partial charge in [-0.25, -0.2) is 0 Å². The topological polar surface area (TPSA) is 21.3 Å². The molecule has 1 atom stereocenters. The van der Waals surface area contributed by atoms with Gasteiger partial charge in [0.15, 0.2) is 0 Å². The molecule has 0 aromatic heterocycles. The van der Waals surface area contributed by atoms with Crippen LogP contribution in [0.1, 0.15) is 79.1 Å². The highest BCUT2D eigenvalue weighted by molar-refractivity contribution is 4.86. The lowest BCUT2D eigenvalue weighted by molar-refractivity contribution is -0.0999. The summed E-state index contributed by atoms with van der Waals surface area (Å²) in [5.74, 6) is 0.724. The smallest absolute Gasteiger partial charge is 0.0809 e. The van der Waals surface area contributed by atoms with E-state index in [1.807, 2.05) is 0 Å². The average molecular weight is 269 g/mol. The summed E-state index contributed by atoms with van der Waals surface area (Å²) >= 11 is 0. The van der Waals surface area contributed by atoms with Gasteiger partial charge in [0.1, 0.15) is 0 Å². The van der Waals surface area contributed by atoms with Crippen LogP contribution in [-0.4, -0.2) is 24.8 Å². The standard InChI is InChI=1S/C17H35NO/c1-5-12-18-14-17(10-8-6-7-9-11-17)19-16(4)13-15(2)3/h15-16,18H,5-14H2,1-4H3. The molecule has 0 aromatic carbocycles. The monoisotopic (exact) mass is 269 g/mol. The van der Waals surface area contributed by atoms with Gasteiger partial charge in [-0.1, -0.05) is 46.5 Å². The van der Waals surface area contributed by atoms with E-state index >= 15 is 0 Å². The fraction of sp³-hybridized carbons (Fsp3) is 1.00. The molecule has 0 aliphatic heterocycles. The summed E-state index contributed by atoms with van der Waals surface area (Å²) in [5, 5.41) is 3.61. The van der Waals surface area contributed by atoms with Crippen molar-refractivity contribution in [2.45, 2.75) is 90.8 Å². The third-order valence-corrected chi connectivity index (χ3v) is 4.14. The molecule has 1 fully saturated rings. The lowest BCUT2D eigenvalue weighted by Crippen LogP contribution is -2.45. The number of ether oxygens (including phenoxy) is 1. The van der Waals surface area contributed by atoms with E-state index in [4.69, 9.17) is 4.74 Å². The van der Waals surface area contributed by atoms with Crippen LogP contribution >= 0.6 is 0 Å². The Kier molecular flexibility index (Phi) is 8.01. The van der Waals surface area contributed by atoms with E-state index in [-0.39, 0.29) is 5.60 Å². The van der Waals surface area contributed by atoms with E-state index in [1.54, 1.807) is 0 Å². The Morgan fingerprint density at radius 1 is 1.05 bits per heavy atom. The summed E-state index contributed by atoms with van der Waals surface area (Å²) in [6.45, 7) is 11.2. The maximum Gasteiger partial charge on any atom is 0.0809 e. The molecule has 1 aliphatic carbocycles. The lowest BCUT2D eigenvalue weighted by Gasteiger charge is -2.36. The largest absolute Gasteiger partial charge is 0.371 e. The van der Waals surface area contributed by atoms with E-state index in [0.717, 1.165) is 19.0 Å². The molecule has 1 N–H and O–H groups in total. The van der Waals surface area contributed by atoms with Crippen LogP contribution in [0.2, 0.25) is 0 Å². The molecule has 2 heteroatoms. The number of rotatable bonds is 8. The normalized spacial score (nSPS) is 21.3. The summed E-state index contributed by atoms with van der Waals surface area (Å²) in [5.41, 5.74) is 0.111. The molecule has 1 unspecified atom stereocenters. The number of hydrogen-bond donors (Lipinski definition) is 1. The van der Waals surface area contributed by atoms with Gasteiger partial charge in [0, 0.05) is 6.54 Å². The van der Waals surface area contributed by atoms with Gasteiger partial charge in [-0.3, -0.25) is 0 Å². The van der Waals surface area contributed by atoms with Crippen molar-refractivity contribution < 1.29 is 4.74 Å². The average Bonchev–Trinajstić information content (AvgIpc) is 2.54. The van der Waals surface area contributed by atoms with Gasteiger partial charge in [0.05, 0.1) is 11.7 Å². The van der Waals surface area contributed by atoms with Gasteiger partial charge in [-0.2, -0.15) is 0 Å². The zero-order valence-electron chi connectivity index (χ0n) is 13.6. The van der Waals surface area contributed by atoms with E-state index < -0.39 is 0 Å². The van der Waals surface area contributed by atoms with Gasteiger partial charge in [-0.05, 0) is 45.1 Å². The van der Waals surface area contributed by atoms with Gasteiger partial charge >= 0.3 is 0 Å². The SMILES string of the molecule is CCCNCC1(OC(C)CC(C)C)CCCCCC1. The van der Waals surface area contributed by atoms with Crippen LogP contribution in [0.25, 0.3) is 0 Å². The zero-order chi connectivity index (χ0) is 14.1. The Balaban J connectivity index is 2.56. The summed E-state index contributed by atoms with van der Waals surface area (Å²) in [6, 6.07) is 0. The minimum absolute atomic E-state index is 0.111. The molecule has 0 saturated heterocycles. The quantitative estimate of drug-likeness (QED) is 0.516. The molecule has 0 spiro atoms. The van der Waals surface area contributed by atoms with Crippen molar-refractivity contribution in [3.63, 3.8) is 0 Å². The molecule has 19 heavy (non-hydrogen) atoms. The Morgan fingerprint density at radius 3 is 2.21 bits per heavy atom. The van der Waals surface area contributed by atoms with Crippen molar-refractivity contribution in [3.05, 3.63) is 0 Å². The highest BCUT2D eigenvalue weighted by atomic mass is 16.5. The molecule has 0 aromatic rings. The van der Waals surface area contributed by atoms with Crippen LogP contribution in [-0.2, 0) is 4.74 Å². The number of nitrogens with one attached hydrogen (secondary N) is 1. The molecule has 114 valence electrons. The van der Waals surface area contributed by atoms with Crippen LogP contribution in [0.15, 0.2) is 0 Å². The third-order valence-electron chi connectivity index (χ3n) is 4.14. The maximum absolute atomic E-state index is 6.55. The third kappa shape index (κ3) is 6.76. The van der Waals surface area contributed by atoms with Crippen molar-refractivity contribution in [3.8, 4) is 0 Å². The van der Waals surface area contributed by atoms with Crippen LogP contribution in [0, 0.1) is 5.92 Å². The van der Waals surface area contributed by atoms with Crippen LogP contribution < -0.4 is 5.32 Å². The molecular formula is C17H35NO. The lowest BCUT2D eigenvalue weighted by atomic mass is 9.93. The molecule has 0 radical (unpaired) electrons. The highest BCUT2D eigenvalue weighted by Crippen LogP contribution is 2.32. The first-order valence-corrected chi connectivity index (χ1v) is 8.46. The van der Waals surface area contributed by atoms with Crippen molar-refractivity contribution in [2.24, 2.45) is 5.92 Å². The summed E-state index contributed by atoms with van der Waals surface area (Å²) in [7, 11) is 0. The van der Waals surface area contributed by atoms with Crippen molar-refractivity contribution in [1.82, 2.24) is 5.32 Å². The number of hydrogen-bond acceptors (Lipinski definition) is 2. The second-order valence-electron chi connectivity index (χ2n) is 6.83. The van der Waals surface area contributed by atoms with Crippen LogP contribution in [0.3, 0.4) is 0 Å². The Bertz CT molecular complexity index is 219. The first-order chi connectivity index (χ1) is 9.08. The van der Waals surface area contributed by atoms with Gasteiger partial charge in [0.2, 0.25) is 0 Å². The van der Waals surface area contributed by atoms with E-state index in [9.17, 15) is 0 Å². The first-order valence-electron chi connectivity index (χ1n) is 8.46. The van der Waals surface area contributed by atoms with E-state index in [2.05, 4.69) is 33.0 Å². The Labute approximate surface area is 120 Å². The maximum atomic E-state index is 6.55. The molecule has 1 rings (SSSR count). The van der Waals surface area contributed by atoms with Crippen molar-refractivity contribution >= 4 is 0 Å². The zero-order valence-corrected chi connectivity index (χ0v) is 13.6. The molecular weight excluding hydrogens is 234 g/mol. The summed E-state index contributed by atoms with van der Waals surface area (Å²) in [6.07, 6.45) is 10.7. The molecule has 0 heterocycles. The minimum atomic E-state index is 0.111. The van der Waals surface area contributed by atoms with Crippen molar-refractivity contribution in [1.29, 1.82) is 0 Å². The first kappa shape index (κ1) is 17.0. The molecule has 0 bridgehead atoms. The highest BCUT2D eigenvalue weighted by Gasteiger charge is 2.33. The fourth-order valence-electron chi connectivity index (χ4n) is 3.34. The summed E-state index contributed by atoms with van der Waals surface area (Å²) < 4.78 is 6.55. The van der Waals surface area contributed by atoms with Crippen LogP contribution in [0.4, 0.5) is 0 Å². The van der Waals surface area contributed by atoms with Gasteiger partial charge in [-0.15, -0.1) is 0 Å². The van der Waals surface area contributed by atoms with Gasteiger partial charge < -0.3 is 10.1 Å². The predicted molar refractivity (Wildman–Crippen MR) is 83.6 cm³/mol. The Hall–Kier alpha value is -0.0800.